The quantitative estimate of drug-likeness (QED) is 0.180. The van der Waals surface area contributed by atoms with E-state index in [2.05, 4.69) is 61.4 Å². The summed E-state index contributed by atoms with van der Waals surface area (Å²) in [4.78, 5) is 36.2. The molecule has 1 N–H and O–H groups in total. The van der Waals surface area contributed by atoms with Crippen LogP contribution in [0.2, 0.25) is 5.02 Å². The summed E-state index contributed by atoms with van der Waals surface area (Å²) < 4.78 is 3.08. The lowest BCUT2D eigenvalue weighted by atomic mass is 9.99. The third kappa shape index (κ3) is 6.89. The number of aryl methyl sites for hydroxylation is 2. The van der Waals surface area contributed by atoms with Crippen molar-refractivity contribution in [3.63, 3.8) is 0 Å². The number of hydrogen-bond acceptors (Lipinski definition) is 7. The van der Waals surface area contributed by atoms with E-state index < -0.39 is 6.04 Å². The Morgan fingerprint density at radius 1 is 1.07 bits per heavy atom. The van der Waals surface area contributed by atoms with Crippen LogP contribution in [0.1, 0.15) is 64.9 Å². The van der Waals surface area contributed by atoms with Crippen molar-refractivity contribution in [2.24, 2.45) is 4.99 Å². The Morgan fingerprint density at radius 2 is 1.81 bits per heavy atom. The van der Waals surface area contributed by atoms with Gasteiger partial charge >= 0.3 is 0 Å². The number of aromatic nitrogens is 3. The molecule has 0 aliphatic carbocycles. The van der Waals surface area contributed by atoms with Gasteiger partial charge in [0.15, 0.2) is 5.82 Å². The maximum Gasteiger partial charge on any atom is 0.222 e. The van der Waals surface area contributed by atoms with E-state index in [1.54, 1.807) is 11.3 Å². The Morgan fingerprint density at radius 3 is 2.52 bits per heavy atom. The molecule has 1 aromatic carbocycles. The van der Waals surface area contributed by atoms with Crippen LogP contribution in [0.5, 0.6) is 0 Å². The molecule has 0 unspecified atom stereocenters. The van der Waals surface area contributed by atoms with Crippen molar-refractivity contribution in [2.45, 2.75) is 52.5 Å². The fraction of sp³-hybridized carbons (Fsp3) is 0.500. The molecule has 12 heteroatoms. The maximum absolute atomic E-state index is 13.2. The number of carbonyl (C=O) groups is 2. The number of rotatable bonds is 10. The van der Waals surface area contributed by atoms with Gasteiger partial charge in [0.25, 0.3) is 0 Å². The number of hydrogen-bond donors (Lipinski definition) is 1. The highest BCUT2D eigenvalue weighted by molar-refractivity contribution is 14.1. The summed E-state index contributed by atoms with van der Waals surface area (Å²) in [6, 6.07) is 7.22. The summed E-state index contributed by atoms with van der Waals surface area (Å²) in [6.07, 6.45) is 2.62. The molecule has 1 atom stereocenters. The van der Waals surface area contributed by atoms with Crippen LogP contribution in [0.3, 0.4) is 0 Å². The van der Waals surface area contributed by atoms with Crippen molar-refractivity contribution >= 4 is 63.1 Å². The first-order valence-electron chi connectivity index (χ1n) is 14.5. The fourth-order valence-corrected chi connectivity index (χ4v) is 7.23. The number of carbonyl (C=O) groups excluding carboxylic acids is 2. The number of benzene rings is 1. The Hall–Kier alpha value is -2.35. The van der Waals surface area contributed by atoms with Gasteiger partial charge in [0, 0.05) is 64.6 Å². The van der Waals surface area contributed by atoms with Crippen LogP contribution in [0.25, 0.3) is 5.00 Å². The molecule has 1 saturated heterocycles. The van der Waals surface area contributed by atoms with E-state index >= 15 is 0 Å². The average molecular weight is 722 g/mol. The minimum atomic E-state index is -0.478. The van der Waals surface area contributed by atoms with E-state index in [1.165, 1.54) is 10.4 Å². The van der Waals surface area contributed by atoms with Crippen LogP contribution < -0.4 is 5.32 Å². The first-order valence-corrected chi connectivity index (χ1v) is 17.2. The van der Waals surface area contributed by atoms with Crippen LogP contribution in [0, 0.1) is 20.8 Å². The first kappa shape index (κ1) is 31.1. The monoisotopic (exact) mass is 721 g/mol. The van der Waals surface area contributed by atoms with Gasteiger partial charge in [-0.05, 0) is 57.9 Å². The maximum atomic E-state index is 13.2. The Labute approximate surface area is 269 Å². The van der Waals surface area contributed by atoms with Gasteiger partial charge in [-0.15, -0.1) is 21.5 Å². The van der Waals surface area contributed by atoms with E-state index in [-0.39, 0.29) is 18.2 Å². The van der Waals surface area contributed by atoms with Gasteiger partial charge in [-0.1, -0.05) is 46.3 Å². The molecule has 0 radical (unpaired) electrons. The smallest absolute Gasteiger partial charge is 0.222 e. The van der Waals surface area contributed by atoms with Gasteiger partial charge in [0.2, 0.25) is 11.8 Å². The molecule has 9 nitrogen and oxygen atoms in total. The van der Waals surface area contributed by atoms with Crippen LogP contribution in [0.4, 0.5) is 0 Å². The summed E-state index contributed by atoms with van der Waals surface area (Å²) in [5.41, 5.74) is 4.02. The molecule has 2 aliphatic rings. The van der Waals surface area contributed by atoms with E-state index in [9.17, 15) is 9.59 Å². The van der Waals surface area contributed by atoms with Crippen LogP contribution in [0.15, 0.2) is 29.3 Å². The molecule has 4 heterocycles. The summed E-state index contributed by atoms with van der Waals surface area (Å²) in [5, 5.41) is 13.7. The van der Waals surface area contributed by atoms with Gasteiger partial charge in [-0.25, -0.2) is 0 Å². The number of amides is 2. The van der Waals surface area contributed by atoms with Gasteiger partial charge in [-0.3, -0.25) is 24.0 Å². The van der Waals surface area contributed by atoms with Crippen LogP contribution in [-0.2, 0) is 9.59 Å². The van der Waals surface area contributed by atoms with Gasteiger partial charge in [0.1, 0.15) is 16.9 Å². The lowest BCUT2D eigenvalue weighted by Gasteiger charge is -2.34. The topological polar surface area (TPSA) is 95.7 Å². The number of alkyl halides is 1. The van der Waals surface area contributed by atoms with Gasteiger partial charge in [-0.2, -0.15) is 0 Å². The van der Waals surface area contributed by atoms with Crippen molar-refractivity contribution in [3.8, 4) is 5.00 Å². The third-order valence-electron chi connectivity index (χ3n) is 7.96. The van der Waals surface area contributed by atoms with Crippen molar-refractivity contribution in [3.05, 3.63) is 62.5 Å². The second kappa shape index (κ2) is 14.0. The fourth-order valence-electron chi connectivity index (χ4n) is 5.51. The molecule has 0 saturated carbocycles. The van der Waals surface area contributed by atoms with Crippen LogP contribution in [-0.4, -0.2) is 85.8 Å². The molecule has 0 bridgehead atoms. The Balaban J connectivity index is 1.24. The molecule has 0 spiro atoms. The first-order chi connectivity index (χ1) is 20.3. The lowest BCUT2D eigenvalue weighted by molar-refractivity contribution is -0.133. The van der Waals surface area contributed by atoms with Crippen molar-refractivity contribution < 1.29 is 9.59 Å². The van der Waals surface area contributed by atoms with E-state index in [0.29, 0.717) is 23.8 Å². The summed E-state index contributed by atoms with van der Waals surface area (Å²) >= 11 is 10.2. The normalized spacial score (nSPS) is 16.9. The number of nitrogens with one attached hydrogen (secondary N) is 1. The molecule has 224 valence electrons. The highest BCUT2D eigenvalue weighted by Crippen LogP contribution is 2.39. The van der Waals surface area contributed by atoms with Crippen molar-refractivity contribution in [1.29, 1.82) is 0 Å². The molecule has 1 fully saturated rings. The zero-order valence-corrected chi connectivity index (χ0v) is 28.1. The number of aliphatic imine (C=N–C) groups is 1. The predicted octanol–water partition coefficient (Wildman–Crippen LogP) is 5.06. The van der Waals surface area contributed by atoms with Crippen molar-refractivity contribution in [2.75, 3.05) is 43.7 Å². The molecule has 42 heavy (non-hydrogen) atoms. The predicted molar refractivity (Wildman–Crippen MR) is 177 cm³/mol. The third-order valence-corrected chi connectivity index (χ3v) is 10.2. The van der Waals surface area contributed by atoms with Crippen LogP contribution >= 0.6 is 45.5 Å². The number of thiophene rings is 1. The number of nitrogens with zero attached hydrogens (tertiary/aromatic N) is 6. The second-order valence-electron chi connectivity index (χ2n) is 10.8. The van der Waals surface area contributed by atoms with E-state index in [1.807, 2.05) is 36.1 Å². The SMILES string of the molecule is Cc1sc2c(c1C)C(c1ccc(Cl)cc1)=N[C@@H](CC(=O)NCCCN1CCN(C(=O)CCCI)CC1)c1nnc(C)n1-2. The van der Waals surface area contributed by atoms with E-state index in [4.69, 9.17) is 16.6 Å². The zero-order chi connectivity index (χ0) is 29.8. The van der Waals surface area contributed by atoms with Crippen molar-refractivity contribution in [1.82, 2.24) is 29.9 Å². The molecule has 2 aromatic heterocycles. The zero-order valence-electron chi connectivity index (χ0n) is 24.3. The molecule has 5 rings (SSSR count). The standard InChI is InChI=1S/C30H37ClIN7O2S/c1-19-20(2)42-30-27(19)28(22-7-9-23(31)10-8-22)34-24(29-36-35-21(3)39(29)30)18-25(40)33-12-5-13-37-14-16-38(17-15-37)26(41)6-4-11-32/h7-10,24H,4-6,11-18H2,1-3H3,(H,33,40)/t24-/m0/s1. The number of fused-ring (bicyclic) bond motifs is 3. The minimum Gasteiger partial charge on any atom is -0.356 e. The molecule has 2 amide bonds. The second-order valence-corrected chi connectivity index (χ2v) is 13.5. The molecule has 3 aromatic rings. The van der Waals surface area contributed by atoms with Gasteiger partial charge < -0.3 is 10.2 Å². The number of piperazine rings is 1. The molecule has 2 aliphatic heterocycles. The minimum absolute atomic E-state index is 0.0600. The highest BCUT2D eigenvalue weighted by Gasteiger charge is 2.32. The summed E-state index contributed by atoms with van der Waals surface area (Å²) in [5.74, 6) is 1.66. The number of halogens is 2. The lowest BCUT2D eigenvalue weighted by Crippen LogP contribution is -2.49. The molecular formula is C30H37ClIN7O2S. The summed E-state index contributed by atoms with van der Waals surface area (Å²) in [7, 11) is 0. The summed E-state index contributed by atoms with van der Waals surface area (Å²) in [6.45, 7) is 11.0. The highest BCUT2D eigenvalue weighted by atomic mass is 127. The average Bonchev–Trinajstić information content (AvgIpc) is 3.46. The van der Waals surface area contributed by atoms with E-state index in [0.717, 1.165) is 77.7 Å². The largest absolute Gasteiger partial charge is 0.356 e. The molecular weight excluding hydrogens is 685 g/mol. The van der Waals surface area contributed by atoms with Gasteiger partial charge in [0.05, 0.1) is 12.1 Å². The Bertz CT molecular complexity index is 1460. The Kier molecular flexibility index (Phi) is 10.3.